The van der Waals surface area contributed by atoms with Crippen LogP contribution in [-0.2, 0) is 5.41 Å². The third-order valence-electron chi connectivity index (χ3n) is 3.38. The smallest absolute Gasteiger partial charge is 0.316 e. The fourth-order valence-corrected chi connectivity index (χ4v) is 2.74. The number of carbonyl (C=O) groups excluding carboxylic acids is 1. The lowest BCUT2D eigenvalue weighted by atomic mass is 9.92. The van der Waals surface area contributed by atoms with Crippen molar-refractivity contribution >= 4 is 29.0 Å². The fourth-order valence-electron chi connectivity index (χ4n) is 2.30. The molecule has 23 heavy (non-hydrogen) atoms. The normalized spacial score (nSPS) is 11.8. The summed E-state index contributed by atoms with van der Waals surface area (Å²) in [6.07, 6.45) is 0. The molecule has 3 aromatic rings. The van der Waals surface area contributed by atoms with E-state index in [0.29, 0.717) is 22.2 Å². The summed E-state index contributed by atoms with van der Waals surface area (Å²) in [6.45, 7) is 6.18. The van der Waals surface area contributed by atoms with Crippen molar-refractivity contribution in [3.8, 4) is 11.4 Å². The SMILES string of the molecule is CC(C)(C)c1[nH]n2nc(-c3cccc(NC(N)=O)c3)nc2c1Cl. The lowest BCUT2D eigenvalue weighted by Gasteiger charge is -2.16. The van der Waals surface area contributed by atoms with E-state index in [4.69, 9.17) is 17.3 Å². The number of nitrogens with two attached hydrogens (primary N) is 1. The summed E-state index contributed by atoms with van der Waals surface area (Å²) >= 11 is 6.41. The zero-order chi connectivity index (χ0) is 16.8. The van der Waals surface area contributed by atoms with Gasteiger partial charge in [-0.15, -0.1) is 5.10 Å². The summed E-state index contributed by atoms with van der Waals surface area (Å²) in [5.41, 5.74) is 7.77. The lowest BCUT2D eigenvalue weighted by molar-refractivity contribution is 0.259. The van der Waals surface area contributed by atoms with Gasteiger partial charge < -0.3 is 11.1 Å². The summed E-state index contributed by atoms with van der Waals surface area (Å²) in [5, 5.41) is 10.7. The Hall–Kier alpha value is -2.54. The molecule has 2 amide bonds. The molecule has 8 heteroatoms. The van der Waals surface area contributed by atoms with Gasteiger partial charge in [0.15, 0.2) is 11.5 Å². The van der Waals surface area contributed by atoms with Gasteiger partial charge >= 0.3 is 6.03 Å². The van der Waals surface area contributed by atoms with Crippen LogP contribution in [0.15, 0.2) is 24.3 Å². The molecule has 0 unspecified atom stereocenters. The average molecular weight is 333 g/mol. The van der Waals surface area contributed by atoms with E-state index >= 15 is 0 Å². The monoisotopic (exact) mass is 332 g/mol. The Kier molecular flexibility index (Phi) is 3.52. The minimum atomic E-state index is -0.620. The van der Waals surface area contributed by atoms with E-state index in [1.54, 1.807) is 22.8 Å². The Morgan fingerprint density at radius 2 is 2.13 bits per heavy atom. The van der Waals surface area contributed by atoms with Crippen molar-refractivity contribution in [3.05, 3.63) is 35.0 Å². The molecule has 0 saturated heterocycles. The first-order valence-corrected chi connectivity index (χ1v) is 7.45. The predicted octanol–water partition coefficient (Wildman–Crippen LogP) is 3.17. The number of benzene rings is 1. The molecular formula is C15H17ClN6O. The Balaban J connectivity index is 2.03. The highest BCUT2D eigenvalue weighted by molar-refractivity contribution is 6.34. The van der Waals surface area contributed by atoms with E-state index in [2.05, 4.69) is 41.3 Å². The lowest BCUT2D eigenvalue weighted by Crippen LogP contribution is -2.19. The molecule has 120 valence electrons. The third kappa shape index (κ3) is 2.87. The molecule has 3 rings (SSSR count). The van der Waals surface area contributed by atoms with Gasteiger partial charge in [-0.2, -0.15) is 4.63 Å². The summed E-state index contributed by atoms with van der Waals surface area (Å²) in [6, 6.07) is 6.50. The first kappa shape index (κ1) is 15.4. The van der Waals surface area contributed by atoms with Gasteiger partial charge in [0.05, 0.1) is 5.69 Å². The number of rotatable bonds is 2. The molecule has 0 spiro atoms. The number of carbonyl (C=O) groups is 1. The molecule has 0 aliphatic heterocycles. The maximum Gasteiger partial charge on any atom is 0.316 e. The molecule has 2 heterocycles. The van der Waals surface area contributed by atoms with Crippen LogP contribution in [-0.4, -0.2) is 25.8 Å². The highest BCUT2D eigenvalue weighted by Crippen LogP contribution is 2.32. The molecule has 0 aliphatic carbocycles. The van der Waals surface area contributed by atoms with Crippen molar-refractivity contribution in [3.63, 3.8) is 0 Å². The van der Waals surface area contributed by atoms with Crippen LogP contribution in [0, 0.1) is 0 Å². The zero-order valence-electron chi connectivity index (χ0n) is 13.0. The summed E-state index contributed by atoms with van der Waals surface area (Å²) in [7, 11) is 0. The Morgan fingerprint density at radius 3 is 2.74 bits per heavy atom. The highest BCUT2D eigenvalue weighted by atomic mass is 35.5. The summed E-state index contributed by atoms with van der Waals surface area (Å²) in [5.74, 6) is 0.506. The van der Waals surface area contributed by atoms with Crippen molar-refractivity contribution in [2.45, 2.75) is 26.2 Å². The maximum absolute atomic E-state index is 10.9. The van der Waals surface area contributed by atoms with Gasteiger partial charge in [0.2, 0.25) is 0 Å². The van der Waals surface area contributed by atoms with Gasteiger partial charge in [0.1, 0.15) is 5.02 Å². The predicted molar refractivity (Wildman–Crippen MR) is 89.7 cm³/mol. The third-order valence-corrected chi connectivity index (χ3v) is 3.74. The largest absolute Gasteiger partial charge is 0.351 e. The molecule has 0 bridgehead atoms. The molecule has 0 fully saturated rings. The number of aromatic nitrogens is 4. The second kappa shape index (κ2) is 5.27. The molecule has 4 N–H and O–H groups in total. The number of amides is 2. The molecule has 2 aromatic heterocycles. The number of nitrogens with one attached hydrogen (secondary N) is 2. The van der Waals surface area contributed by atoms with Crippen molar-refractivity contribution < 1.29 is 4.79 Å². The van der Waals surface area contributed by atoms with Crippen molar-refractivity contribution in [1.82, 2.24) is 19.8 Å². The van der Waals surface area contributed by atoms with Crippen LogP contribution in [0.3, 0.4) is 0 Å². The molecule has 1 aromatic carbocycles. The van der Waals surface area contributed by atoms with E-state index in [9.17, 15) is 4.79 Å². The van der Waals surface area contributed by atoms with Gasteiger partial charge in [-0.05, 0) is 12.1 Å². The van der Waals surface area contributed by atoms with E-state index in [-0.39, 0.29) is 5.41 Å². The Bertz CT molecular complexity index is 889. The van der Waals surface area contributed by atoms with Crippen LogP contribution in [0.4, 0.5) is 10.5 Å². The van der Waals surface area contributed by atoms with Crippen LogP contribution in [0.1, 0.15) is 26.5 Å². The van der Waals surface area contributed by atoms with Crippen LogP contribution in [0.5, 0.6) is 0 Å². The molecule has 7 nitrogen and oxygen atoms in total. The number of halogens is 1. The first-order valence-electron chi connectivity index (χ1n) is 7.07. The standard InChI is InChI=1S/C15H17ClN6O/c1-15(2,3)11-10(16)13-19-12(21-22(13)20-11)8-5-4-6-9(7-8)18-14(17)23/h4-7,20H,1-3H3,(H3,17,18,23). The quantitative estimate of drug-likeness (QED) is 0.671. The van der Waals surface area contributed by atoms with Crippen molar-refractivity contribution in [2.75, 3.05) is 5.32 Å². The number of aromatic amines is 1. The number of fused-ring (bicyclic) bond motifs is 1. The van der Waals surface area contributed by atoms with Gasteiger partial charge in [0.25, 0.3) is 0 Å². The van der Waals surface area contributed by atoms with E-state index < -0.39 is 6.03 Å². The fraction of sp³-hybridized carbons (Fsp3) is 0.267. The number of hydrogen-bond acceptors (Lipinski definition) is 3. The zero-order valence-corrected chi connectivity index (χ0v) is 13.8. The highest BCUT2D eigenvalue weighted by Gasteiger charge is 2.24. The number of hydrogen-bond donors (Lipinski definition) is 3. The van der Waals surface area contributed by atoms with Gasteiger partial charge in [-0.25, -0.2) is 9.78 Å². The number of H-pyrrole nitrogens is 1. The maximum atomic E-state index is 10.9. The van der Waals surface area contributed by atoms with Crippen molar-refractivity contribution in [2.24, 2.45) is 5.73 Å². The van der Waals surface area contributed by atoms with Gasteiger partial charge in [-0.3, -0.25) is 5.10 Å². The summed E-state index contributed by atoms with van der Waals surface area (Å²) in [4.78, 5) is 15.4. The van der Waals surface area contributed by atoms with Gasteiger partial charge in [-0.1, -0.05) is 44.5 Å². The molecule has 0 radical (unpaired) electrons. The van der Waals surface area contributed by atoms with Crippen LogP contribution >= 0.6 is 11.6 Å². The van der Waals surface area contributed by atoms with Crippen LogP contribution in [0.25, 0.3) is 17.0 Å². The van der Waals surface area contributed by atoms with E-state index in [0.717, 1.165) is 11.3 Å². The van der Waals surface area contributed by atoms with E-state index in [1.165, 1.54) is 0 Å². The molecule has 0 saturated carbocycles. The Labute approximate surface area is 137 Å². The number of anilines is 1. The van der Waals surface area contributed by atoms with E-state index in [1.807, 2.05) is 6.07 Å². The average Bonchev–Trinajstić information content (AvgIpc) is 2.98. The molecular weight excluding hydrogens is 316 g/mol. The molecule has 0 aliphatic rings. The summed E-state index contributed by atoms with van der Waals surface area (Å²) < 4.78 is 1.56. The topological polar surface area (TPSA) is 101 Å². The number of primary amides is 1. The van der Waals surface area contributed by atoms with Crippen LogP contribution < -0.4 is 11.1 Å². The Morgan fingerprint density at radius 1 is 1.39 bits per heavy atom. The second-order valence-electron chi connectivity index (χ2n) is 6.29. The second-order valence-corrected chi connectivity index (χ2v) is 6.67. The van der Waals surface area contributed by atoms with Gasteiger partial charge in [0, 0.05) is 16.7 Å². The van der Waals surface area contributed by atoms with Crippen molar-refractivity contribution in [1.29, 1.82) is 0 Å². The molecule has 0 atom stereocenters. The minimum Gasteiger partial charge on any atom is -0.351 e. The first-order chi connectivity index (χ1) is 10.8. The number of nitrogens with zero attached hydrogens (tertiary/aromatic N) is 3. The minimum absolute atomic E-state index is 0.134. The number of urea groups is 1. The van der Waals surface area contributed by atoms with Crippen LogP contribution in [0.2, 0.25) is 5.02 Å².